The zero-order valence-corrected chi connectivity index (χ0v) is 10.3. The molecule has 0 saturated carbocycles. The first-order chi connectivity index (χ1) is 8.20. The van der Waals surface area contributed by atoms with Crippen molar-refractivity contribution >= 4 is 17.5 Å². The molecule has 0 spiro atoms. The van der Waals surface area contributed by atoms with Crippen LogP contribution in [0.5, 0.6) is 0 Å². The molecule has 17 heavy (non-hydrogen) atoms. The fraction of sp³-hybridized carbons (Fsp3) is 0.462. The van der Waals surface area contributed by atoms with Crippen molar-refractivity contribution < 1.29 is 9.18 Å². The van der Waals surface area contributed by atoms with Crippen LogP contribution in [-0.2, 0) is 0 Å². The number of piperidine rings is 1. The first-order valence-corrected chi connectivity index (χ1v) is 6.35. The van der Waals surface area contributed by atoms with Gasteiger partial charge in [-0.3, -0.25) is 4.79 Å². The monoisotopic (exact) mass is 255 g/mol. The first kappa shape index (κ1) is 12.4. The minimum atomic E-state index is -0.321. The van der Waals surface area contributed by atoms with Gasteiger partial charge in [0.1, 0.15) is 5.82 Å². The van der Waals surface area contributed by atoms with Crippen LogP contribution in [0.3, 0.4) is 0 Å². The molecule has 2 nitrogen and oxygen atoms in total. The Morgan fingerprint density at radius 3 is 2.76 bits per heavy atom. The minimum Gasteiger partial charge on any atom is -0.338 e. The fourth-order valence-electron chi connectivity index (χ4n) is 2.15. The lowest BCUT2D eigenvalue weighted by molar-refractivity contribution is 0.0685. The molecule has 0 N–H and O–H groups in total. The molecule has 0 aromatic heterocycles. The summed E-state index contributed by atoms with van der Waals surface area (Å²) in [5, 5.41) is 0. The molecule has 0 aliphatic carbocycles. The van der Waals surface area contributed by atoms with Crippen molar-refractivity contribution in [3.63, 3.8) is 0 Å². The van der Waals surface area contributed by atoms with Crippen LogP contribution < -0.4 is 0 Å². The maximum atomic E-state index is 12.8. The van der Waals surface area contributed by atoms with Crippen molar-refractivity contribution in [1.29, 1.82) is 0 Å². The second kappa shape index (κ2) is 5.50. The van der Waals surface area contributed by atoms with Crippen LogP contribution in [0.25, 0.3) is 0 Å². The number of hydrogen-bond acceptors (Lipinski definition) is 1. The number of rotatable bonds is 2. The van der Waals surface area contributed by atoms with Gasteiger partial charge in [0, 0.05) is 24.5 Å². The Morgan fingerprint density at radius 2 is 2.12 bits per heavy atom. The van der Waals surface area contributed by atoms with Crippen LogP contribution in [0, 0.1) is 11.7 Å². The standard InChI is InChI=1S/C13H15ClFNO/c14-8-10-2-1-7-16(9-10)13(17)11-3-5-12(15)6-4-11/h3-6,10H,1-2,7-9H2. The smallest absolute Gasteiger partial charge is 0.253 e. The molecule has 1 aliphatic rings. The summed E-state index contributed by atoms with van der Waals surface area (Å²) in [6.07, 6.45) is 2.07. The van der Waals surface area contributed by atoms with Crippen LogP contribution in [0.4, 0.5) is 4.39 Å². The number of likely N-dealkylation sites (tertiary alicyclic amines) is 1. The van der Waals surface area contributed by atoms with Crippen LogP contribution in [-0.4, -0.2) is 29.8 Å². The molecule has 4 heteroatoms. The van der Waals surface area contributed by atoms with E-state index in [4.69, 9.17) is 11.6 Å². The Kier molecular flexibility index (Phi) is 4.00. The number of halogens is 2. The van der Waals surface area contributed by atoms with Crippen LogP contribution in [0.15, 0.2) is 24.3 Å². The molecule has 1 fully saturated rings. The number of benzene rings is 1. The maximum Gasteiger partial charge on any atom is 0.253 e. The Balaban J connectivity index is 2.06. The van der Waals surface area contributed by atoms with E-state index in [1.54, 1.807) is 0 Å². The number of hydrogen-bond donors (Lipinski definition) is 0. The van der Waals surface area contributed by atoms with Crippen molar-refractivity contribution in [3.8, 4) is 0 Å². The molecule has 1 amide bonds. The van der Waals surface area contributed by atoms with Crippen molar-refractivity contribution in [2.24, 2.45) is 5.92 Å². The lowest BCUT2D eigenvalue weighted by Gasteiger charge is -2.31. The molecule has 1 aromatic carbocycles. The molecule has 1 unspecified atom stereocenters. The lowest BCUT2D eigenvalue weighted by Crippen LogP contribution is -2.40. The molecule has 1 atom stereocenters. The highest BCUT2D eigenvalue weighted by Gasteiger charge is 2.23. The quantitative estimate of drug-likeness (QED) is 0.744. The van der Waals surface area contributed by atoms with Crippen molar-refractivity contribution in [3.05, 3.63) is 35.6 Å². The predicted octanol–water partition coefficient (Wildman–Crippen LogP) is 2.92. The summed E-state index contributed by atoms with van der Waals surface area (Å²) >= 11 is 5.83. The zero-order valence-electron chi connectivity index (χ0n) is 9.53. The number of nitrogens with zero attached hydrogens (tertiary/aromatic N) is 1. The summed E-state index contributed by atoms with van der Waals surface area (Å²) in [6.45, 7) is 1.48. The number of alkyl halides is 1. The Labute approximate surface area is 105 Å². The Bertz CT molecular complexity index is 393. The zero-order chi connectivity index (χ0) is 12.3. The summed E-state index contributed by atoms with van der Waals surface area (Å²) in [5.41, 5.74) is 0.543. The van der Waals surface area contributed by atoms with E-state index in [2.05, 4.69) is 0 Å². The van der Waals surface area contributed by atoms with E-state index in [0.29, 0.717) is 23.9 Å². The van der Waals surface area contributed by atoms with E-state index in [9.17, 15) is 9.18 Å². The third kappa shape index (κ3) is 2.97. The number of carbonyl (C=O) groups is 1. The molecule has 0 radical (unpaired) electrons. The molecule has 1 saturated heterocycles. The normalized spacial score (nSPS) is 20.4. The summed E-state index contributed by atoms with van der Waals surface area (Å²) in [5.74, 6) is 0.626. The van der Waals surface area contributed by atoms with Gasteiger partial charge in [-0.2, -0.15) is 0 Å². The molecule has 92 valence electrons. The topological polar surface area (TPSA) is 20.3 Å². The van der Waals surface area contributed by atoms with Crippen LogP contribution in [0.2, 0.25) is 0 Å². The van der Waals surface area contributed by atoms with E-state index < -0.39 is 0 Å². The molecular weight excluding hydrogens is 241 g/mol. The SMILES string of the molecule is O=C(c1ccc(F)cc1)N1CCCC(CCl)C1. The largest absolute Gasteiger partial charge is 0.338 e. The van der Waals surface area contributed by atoms with Crippen LogP contribution >= 0.6 is 11.6 Å². The third-order valence-electron chi connectivity index (χ3n) is 3.12. The van der Waals surface area contributed by atoms with E-state index >= 15 is 0 Å². The highest BCUT2D eigenvalue weighted by molar-refractivity contribution is 6.18. The second-order valence-electron chi connectivity index (χ2n) is 4.42. The third-order valence-corrected chi connectivity index (χ3v) is 3.55. The summed E-state index contributed by atoms with van der Waals surface area (Å²) in [4.78, 5) is 13.9. The van der Waals surface area contributed by atoms with Gasteiger partial charge in [0.15, 0.2) is 0 Å². The Hall–Kier alpha value is -1.09. The van der Waals surface area contributed by atoms with Gasteiger partial charge in [0.2, 0.25) is 0 Å². The van der Waals surface area contributed by atoms with E-state index in [1.165, 1.54) is 24.3 Å². The van der Waals surface area contributed by atoms with E-state index in [-0.39, 0.29) is 11.7 Å². The van der Waals surface area contributed by atoms with E-state index in [0.717, 1.165) is 19.4 Å². The Morgan fingerprint density at radius 1 is 1.41 bits per heavy atom. The molecule has 1 aromatic rings. The molecule has 0 bridgehead atoms. The number of amides is 1. The summed E-state index contributed by atoms with van der Waals surface area (Å²) in [7, 11) is 0. The molecule has 1 heterocycles. The maximum absolute atomic E-state index is 12.8. The van der Waals surface area contributed by atoms with Gasteiger partial charge in [-0.25, -0.2) is 4.39 Å². The summed E-state index contributed by atoms with van der Waals surface area (Å²) < 4.78 is 12.8. The van der Waals surface area contributed by atoms with Crippen molar-refractivity contribution in [2.45, 2.75) is 12.8 Å². The van der Waals surface area contributed by atoms with Gasteiger partial charge < -0.3 is 4.90 Å². The average Bonchev–Trinajstić information content (AvgIpc) is 2.39. The van der Waals surface area contributed by atoms with E-state index in [1.807, 2.05) is 4.90 Å². The van der Waals surface area contributed by atoms with Crippen molar-refractivity contribution in [2.75, 3.05) is 19.0 Å². The van der Waals surface area contributed by atoms with Crippen LogP contribution in [0.1, 0.15) is 23.2 Å². The van der Waals surface area contributed by atoms with Gasteiger partial charge >= 0.3 is 0 Å². The van der Waals surface area contributed by atoms with Gasteiger partial charge in [-0.1, -0.05) is 0 Å². The number of carbonyl (C=O) groups excluding carboxylic acids is 1. The highest BCUT2D eigenvalue weighted by Crippen LogP contribution is 2.19. The van der Waals surface area contributed by atoms with Gasteiger partial charge in [0.25, 0.3) is 5.91 Å². The first-order valence-electron chi connectivity index (χ1n) is 5.81. The fourth-order valence-corrected chi connectivity index (χ4v) is 2.40. The summed E-state index contributed by atoms with van der Waals surface area (Å²) in [6, 6.07) is 5.69. The highest BCUT2D eigenvalue weighted by atomic mass is 35.5. The van der Waals surface area contributed by atoms with Gasteiger partial charge in [0.05, 0.1) is 0 Å². The predicted molar refractivity (Wildman–Crippen MR) is 65.7 cm³/mol. The van der Waals surface area contributed by atoms with Gasteiger partial charge in [-0.05, 0) is 43.0 Å². The van der Waals surface area contributed by atoms with Crippen molar-refractivity contribution in [1.82, 2.24) is 4.90 Å². The molecule has 1 aliphatic heterocycles. The van der Waals surface area contributed by atoms with Gasteiger partial charge in [-0.15, -0.1) is 11.6 Å². The lowest BCUT2D eigenvalue weighted by atomic mass is 9.99. The molecular formula is C13H15ClFNO. The molecule has 2 rings (SSSR count). The second-order valence-corrected chi connectivity index (χ2v) is 4.73. The average molecular weight is 256 g/mol. The minimum absolute atomic E-state index is 0.0279.